The van der Waals surface area contributed by atoms with Gasteiger partial charge < -0.3 is 0 Å². The first-order valence-electron chi connectivity index (χ1n) is 6.66. The highest BCUT2D eigenvalue weighted by Gasteiger charge is 2.27. The van der Waals surface area contributed by atoms with Crippen LogP contribution in [0.25, 0.3) is 0 Å². The van der Waals surface area contributed by atoms with Gasteiger partial charge in [0.15, 0.2) is 0 Å². The Morgan fingerprint density at radius 3 is 1.94 bits per heavy atom. The normalized spacial score (nSPS) is 15.6. The Bertz CT molecular complexity index is 337. The third kappa shape index (κ3) is 3.48. The first-order valence-corrected chi connectivity index (χ1v) is 7.10. The van der Waals surface area contributed by atoms with Gasteiger partial charge in [-0.15, -0.1) is 11.6 Å². The average molecular weight is 253 g/mol. The lowest BCUT2D eigenvalue weighted by molar-refractivity contribution is 0.336. The van der Waals surface area contributed by atoms with Crippen molar-refractivity contribution in [2.24, 2.45) is 5.41 Å². The van der Waals surface area contributed by atoms with Crippen LogP contribution in [0.4, 0.5) is 0 Å². The Morgan fingerprint density at radius 1 is 1.06 bits per heavy atom. The summed E-state index contributed by atoms with van der Waals surface area (Å²) in [6, 6.07) is 8.84. The van der Waals surface area contributed by atoms with E-state index in [1.165, 1.54) is 17.5 Å². The molecule has 0 bridgehead atoms. The molecule has 0 aliphatic carbocycles. The third-order valence-electron chi connectivity index (χ3n) is 4.01. The lowest BCUT2D eigenvalue weighted by atomic mass is 9.82. The lowest BCUT2D eigenvalue weighted by Crippen LogP contribution is -2.16. The standard InChI is InChI=1S/C16H25Cl/c1-6-12(3)13-8-10-14(11-9-13)15(17)16(4,5)7-2/h8-12,15H,6-7H2,1-5H3. The van der Waals surface area contributed by atoms with Crippen molar-refractivity contribution in [3.63, 3.8) is 0 Å². The lowest BCUT2D eigenvalue weighted by Gasteiger charge is -2.29. The predicted molar refractivity (Wildman–Crippen MR) is 77.8 cm³/mol. The quantitative estimate of drug-likeness (QED) is 0.571. The van der Waals surface area contributed by atoms with Crippen LogP contribution in [0.5, 0.6) is 0 Å². The maximum atomic E-state index is 6.56. The summed E-state index contributed by atoms with van der Waals surface area (Å²) < 4.78 is 0. The summed E-state index contributed by atoms with van der Waals surface area (Å²) >= 11 is 6.56. The molecule has 1 aromatic carbocycles. The van der Waals surface area contributed by atoms with Gasteiger partial charge in [-0.2, -0.15) is 0 Å². The monoisotopic (exact) mass is 252 g/mol. The van der Waals surface area contributed by atoms with Gasteiger partial charge in [0.25, 0.3) is 0 Å². The van der Waals surface area contributed by atoms with Crippen LogP contribution < -0.4 is 0 Å². The number of hydrogen-bond donors (Lipinski definition) is 0. The Labute approximate surface area is 111 Å². The third-order valence-corrected chi connectivity index (χ3v) is 4.85. The molecule has 0 fully saturated rings. The van der Waals surface area contributed by atoms with Gasteiger partial charge in [-0.3, -0.25) is 0 Å². The van der Waals surface area contributed by atoms with Crippen molar-refractivity contribution in [2.45, 2.75) is 58.8 Å². The van der Waals surface area contributed by atoms with E-state index >= 15 is 0 Å². The van der Waals surface area contributed by atoms with Crippen LogP contribution >= 0.6 is 11.6 Å². The molecule has 0 spiro atoms. The van der Waals surface area contributed by atoms with E-state index in [1.54, 1.807) is 0 Å². The molecule has 17 heavy (non-hydrogen) atoms. The van der Waals surface area contributed by atoms with E-state index in [2.05, 4.69) is 58.9 Å². The molecule has 0 nitrogen and oxygen atoms in total. The van der Waals surface area contributed by atoms with E-state index in [-0.39, 0.29) is 10.8 Å². The van der Waals surface area contributed by atoms with Gasteiger partial charge in [0.1, 0.15) is 0 Å². The Hall–Kier alpha value is -0.490. The van der Waals surface area contributed by atoms with Crippen LogP contribution in [0.3, 0.4) is 0 Å². The van der Waals surface area contributed by atoms with Gasteiger partial charge in [0.05, 0.1) is 5.38 Å². The maximum Gasteiger partial charge on any atom is 0.0636 e. The second-order valence-corrected chi connectivity index (χ2v) is 6.12. The highest BCUT2D eigenvalue weighted by atomic mass is 35.5. The van der Waals surface area contributed by atoms with Crippen molar-refractivity contribution in [2.75, 3.05) is 0 Å². The Morgan fingerprint density at radius 2 is 1.53 bits per heavy atom. The molecule has 0 saturated heterocycles. The molecule has 2 atom stereocenters. The topological polar surface area (TPSA) is 0 Å². The summed E-state index contributed by atoms with van der Waals surface area (Å²) in [6.45, 7) is 11.1. The fourth-order valence-electron chi connectivity index (χ4n) is 1.86. The van der Waals surface area contributed by atoms with Crippen molar-refractivity contribution in [1.82, 2.24) is 0 Å². The van der Waals surface area contributed by atoms with Crippen molar-refractivity contribution >= 4 is 11.6 Å². The molecular formula is C16H25Cl. The smallest absolute Gasteiger partial charge is 0.0636 e. The number of alkyl halides is 1. The fourth-order valence-corrected chi connectivity index (χ4v) is 2.16. The summed E-state index contributed by atoms with van der Waals surface area (Å²) in [5.74, 6) is 0.636. The van der Waals surface area contributed by atoms with Crippen LogP contribution in [0, 0.1) is 5.41 Å². The van der Waals surface area contributed by atoms with Crippen LogP contribution in [0.15, 0.2) is 24.3 Å². The predicted octanol–water partition coefficient (Wildman–Crippen LogP) is 5.92. The average Bonchev–Trinajstić information content (AvgIpc) is 2.37. The maximum absolute atomic E-state index is 6.56. The highest BCUT2D eigenvalue weighted by molar-refractivity contribution is 6.21. The van der Waals surface area contributed by atoms with Crippen LogP contribution in [0.1, 0.15) is 69.9 Å². The molecule has 0 amide bonds. The molecule has 1 aromatic rings. The van der Waals surface area contributed by atoms with E-state index in [9.17, 15) is 0 Å². The molecule has 0 aliphatic heterocycles. The molecule has 0 aromatic heterocycles. The van der Waals surface area contributed by atoms with E-state index in [4.69, 9.17) is 11.6 Å². The summed E-state index contributed by atoms with van der Waals surface area (Å²) in [5, 5.41) is 0.0958. The zero-order chi connectivity index (χ0) is 13.1. The van der Waals surface area contributed by atoms with Crippen molar-refractivity contribution in [3.05, 3.63) is 35.4 Å². The fraction of sp³-hybridized carbons (Fsp3) is 0.625. The van der Waals surface area contributed by atoms with E-state index in [0.717, 1.165) is 6.42 Å². The zero-order valence-electron chi connectivity index (χ0n) is 11.8. The second kappa shape index (κ2) is 5.91. The summed E-state index contributed by atoms with van der Waals surface area (Å²) in [6.07, 6.45) is 2.28. The van der Waals surface area contributed by atoms with Crippen molar-refractivity contribution < 1.29 is 0 Å². The minimum atomic E-state index is 0.0958. The number of benzene rings is 1. The van der Waals surface area contributed by atoms with Gasteiger partial charge in [-0.1, -0.05) is 58.9 Å². The van der Waals surface area contributed by atoms with Crippen molar-refractivity contribution in [3.8, 4) is 0 Å². The summed E-state index contributed by atoms with van der Waals surface area (Å²) in [7, 11) is 0. The Kier molecular flexibility index (Phi) is 5.06. The molecule has 0 heterocycles. The molecule has 2 unspecified atom stereocenters. The number of halogens is 1. The van der Waals surface area contributed by atoms with E-state index in [0.29, 0.717) is 5.92 Å². The van der Waals surface area contributed by atoms with Crippen LogP contribution in [-0.2, 0) is 0 Å². The largest absolute Gasteiger partial charge is 0.117 e. The second-order valence-electron chi connectivity index (χ2n) is 5.68. The molecule has 0 radical (unpaired) electrons. The number of rotatable bonds is 5. The first-order chi connectivity index (χ1) is 7.92. The molecule has 96 valence electrons. The molecular weight excluding hydrogens is 228 g/mol. The highest BCUT2D eigenvalue weighted by Crippen LogP contribution is 2.41. The van der Waals surface area contributed by atoms with Crippen LogP contribution in [0.2, 0.25) is 0 Å². The first kappa shape index (κ1) is 14.6. The van der Waals surface area contributed by atoms with Gasteiger partial charge in [-0.05, 0) is 35.3 Å². The van der Waals surface area contributed by atoms with E-state index < -0.39 is 0 Å². The molecule has 1 heteroatoms. The van der Waals surface area contributed by atoms with Gasteiger partial charge in [-0.25, -0.2) is 0 Å². The summed E-state index contributed by atoms with van der Waals surface area (Å²) in [5.41, 5.74) is 2.80. The van der Waals surface area contributed by atoms with E-state index in [1.807, 2.05) is 0 Å². The minimum Gasteiger partial charge on any atom is -0.117 e. The van der Waals surface area contributed by atoms with Gasteiger partial charge in [0.2, 0.25) is 0 Å². The van der Waals surface area contributed by atoms with Gasteiger partial charge >= 0.3 is 0 Å². The zero-order valence-corrected chi connectivity index (χ0v) is 12.5. The van der Waals surface area contributed by atoms with Gasteiger partial charge in [0, 0.05) is 0 Å². The molecule has 0 saturated carbocycles. The number of hydrogen-bond acceptors (Lipinski definition) is 0. The molecule has 1 rings (SSSR count). The minimum absolute atomic E-state index is 0.0958. The molecule has 0 aliphatic rings. The molecule has 0 N–H and O–H groups in total. The van der Waals surface area contributed by atoms with Crippen LogP contribution in [-0.4, -0.2) is 0 Å². The SMILES string of the molecule is CCC(C)c1ccc(C(Cl)C(C)(C)CC)cc1. The van der Waals surface area contributed by atoms with Crippen molar-refractivity contribution in [1.29, 1.82) is 0 Å². The summed E-state index contributed by atoms with van der Waals surface area (Å²) in [4.78, 5) is 0. The Balaban J connectivity index is 2.88.